The highest BCUT2D eigenvalue weighted by Crippen LogP contribution is 2.23. The second-order valence-corrected chi connectivity index (χ2v) is 4.85. The molecule has 0 spiro atoms. The van der Waals surface area contributed by atoms with Crippen LogP contribution in [-0.4, -0.2) is 30.8 Å². The number of oxime groups is 1. The lowest BCUT2D eigenvalue weighted by Crippen LogP contribution is -2.35. The number of hydrogen-bond acceptors (Lipinski definition) is 4. The number of anilines is 1. The van der Waals surface area contributed by atoms with Crippen molar-refractivity contribution >= 4 is 17.4 Å². The van der Waals surface area contributed by atoms with E-state index in [1.54, 1.807) is 0 Å². The SMILES string of the molecule is CCC1=NO[C@H](CNC(=O)Nc2ccc(OC(F)(F)F)cc2)C1. The quantitative estimate of drug-likeness (QED) is 0.870. The zero-order valence-corrected chi connectivity index (χ0v) is 12.3. The fourth-order valence-electron chi connectivity index (χ4n) is 1.93. The fourth-order valence-corrected chi connectivity index (χ4v) is 1.93. The van der Waals surface area contributed by atoms with Crippen molar-refractivity contribution in [1.29, 1.82) is 0 Å². The lowest BCUT2D eigenvalue weighted by molar-refractivity contribution is -0.274. The van der Waals surface area contributed by atoms with Crippen LogP contribution in [0.1, 0.15) is 19.8 Å². The van der Waals surface area contributed by atoms with Crippen LogP contribution in [0.3, 0.4) is 0 Å². The summed E-state index contributed by atoms with van der Waals surface area (Å²) < 4.78 is 39.8. The summed E-state index contributed by atoms with van der Waals surface area (Å²) in [7, 11) is 0. The molecule has 0 unspecified atom stereocenters. The number of carbonyl (C=O) groups excluding carboxylic acids is 1. The predicted molar refractivity (Wildman–Crippen MR) is 77.4 cm³/mol. The molecule has 2 rings (SSSR count). The van der Waals surface area contributed by atoms with Crippen LogP contribution < -0.4 is 15.4 Å². The van der Waals surface area contributed by atoms with Crippen molar-refractivity contribution in [3.63, 3.8) is 0 Å². The Balaban J connectivity index is 1.75. The van der Waals surface area contributed by atoms with Gasteiger partial charge in [-0.3, -0.25) is 0 Å². The van der Waals surface area contributed by atoms with Gasteiger partial charge in [-0.05, 0) is 30.7 Å². The van der Waals surface area contributed by atoms with Crippen molar-refractivity contribution in [3.05, 3.63) is 24.3 Å². The number of amides is 2. The van der Waals surface area contributed by atoms with Gasteiger partial charge in [-0.1, -0.05) is 12.1 Å². The number of halogens is 3. The number of nitrogens with zero attached hydrogens (tertiary/aromatic N) is 1. The van der Waals surface area contributed by atoms with Crippen molar-refractivity contribution in [3.8, 4) is 5.75 Å². The van der Waals surface area contributed by atoms with E-state index in [-0.39, 0.29) is 18.4 Å². The van der Waals surface area contributed by atoms with E-state index in [9.17, 15) is 18.0 Å². The molecule has 0 saturated carbocycles. The van der Waals surface area contributed by atoms with Crippen molar-refractivity contribution in [2.24, 2.45) is 5.16 Å². The van der Waals surface area contributed by atoms with Crippen LogP contribution in [0.2, 0.25) is 0 Å². The molecule has 1 aromatic rings. The summed E-state index contributed by atoms with van der Waals surface area (Å²) in [5.41, 5.74) is 1.28. The lowest BCUT2D eigenvalue weighted by atomic mass is 10.1. The average molecular weight is 331 g/mol. The third kappa shape index (κ3) is 5.68. The Labute approximate surface area is 130 Å². The van der Waals surface area contributed by atoms with Gasteiger partial charge in [0.15, 0.2) is 0 Å². The molecule has 2 amide bonds. The number of nitrogens with one attached hydrogen (secondary N) is 2. The predicted octanol–water partition coefficient (Wildman–Crippen LogP) is 3.26. The third-order valence-electron chi connectivity index (χ3n) is 3.04. The van der Waals surface area contributed by atoms with E-state index in [2.05, 4.69) is 20.5 Å². The van der Waals surface area contributed by atoms with Crippen LogP contribution in [0, 0.1) is 0 Å². The average Bonchev–Trinajstić information content (AvgIpc) is 2.94. The summed E-state index contributed by atoms with van der Waals surface area (Å²) in [5, 5.41) is 8.99. The van der Waals surface area contributed by atoms with Crippen LogP contribution in [0.4, 0.5) is 23.7 Å². The molecule has 1 heterocycles. The first-order valence-electron chi connectivity index (χ1n) is 6.98. The highest BCUT2D eigenvalue weighted by atomic mass is 19.4. The second kappa shape index (κ2) is 7.21. The summed E-state index contributed by atoms with van der Waals surface area (Å²) in [4.78, 5) is 16.8. The van der Waals surface area contributed by atoms with E-state index in [0.29, 0.717) is 12.1 Å². The Morgan fingerprint density at radius 3 is 2.65 bits per heavy atom. The van der Waals surface area contributed by atoms with Gasteiger partial charge in [0.05, 0.1) is 12.3 Å². The van der Waals surface area contributed by atoms with Gasteiger partial charge >= 0.3 is 12.4 Å². The number of carbonyl (C=O) groups is 1. The van der Waals surface area contributed by atoms with Crippen LogP contribution in [0.5, 0.6) is 5.75 Å². The molecule has 1 aliphatic heterocycles. The maximum Gasteiger partial charge on any atom is 0.573 e. The normalized spacial score (nSPS) is 17.2. The third-order valence-corrected chi connectivity index (χ3v) is 3.04. The summed E-state index contributed by atoms with van der Waals surface area (Å²) >= 11 is 0. The van der Waals surface area contributed by atoms with E-state index >= 15 is 0 Å². The van der Waals surface area contributed by atoms with Gasteiger partial charge in [0.25, 0.3) is 0 Å². The minimum absolute atomic E-state index is 0.196. The number of alkyl halides is 3. The first kappa shape index (κ1) is 16.9. The van der Waals surface area contributed by atoms with E-state index in [4.69, 9.17) is 4.84 Å². The van der Waals surface area contributed by atoms with Crippen molar-refractivity contribution in [2.75, 3.05) is 11.9 Å². The molecule has 6 nitrogen and oxygen atoms in total. The maximum absolute atomic E-state index is 12.0. The molecule has 9 heteroatoms. The molecule has 0 saturated heterocycles. The molecule has 0 bridgehead atoms. The number of rotatable bonds is 5. The number of ether oxygens (including phenoxy) is 1. The van der Waals surface area contributed by atoms with Crippen molar-refractivity contribution < 1.29 is 27.5 Å². The largest absolute Gasteiger partial charge is 0.573 e. The molecule has 1 aliphatic rings. The number of hydrogen-bond donors (Lipinski definition) is 2. The van der Waals surface area contributed by atoms with Gasteiger partial charge in [-0.2, -0.15) is 0 Å². The van der Waals surface area contributed by atoms with E-state index in [1.807, 2.05) is 6.92 Å². The molecule has 1 aromatic carbocycles. The molecular formula is C14H16F3N3O3. The van der Waals surface area contributed by atoms with Gasteiger partial charge in [0.1, 0.15) is 11.9 Å². The molecule has 0 aliphatic carbocycles. The first-order valence-corrected chi connectivity index (χ1v) is 6.98. The minimum Gasteiger partial charge on any atom is -0.406 e. The fraction of sp³-hybridized carbons (Fsp3) is 0.429. The molecule has 2 N–H and O–H groups in total. The topological polar surface area (TPSA) is 72.0 Å². The van der Waals surface area contributed by atoms with E-state index in [0.717, 1.165) is 24.3 Å². The lowest BCUT2D eigenvalue weighted by Gasteiger charge is -2.12. The molecular weight excluding hydrogens is 315 g/mol. The van der Waals surface area contributed by atoms with Crippen molar-refractivity contribution in [2.45, 2.75) is 32.2 Å². The van der Waals surface area contributed by atoms with Crippen LogP contribution in [-0.2, 0) is 4.84 Å². The molecule has 1 atom stereocenters. The van der Waals surface area contributed by atoms with Gasteiger partial charge in [-0.25, -0.2) is 4.79 Å². The molecule has 0 radical (unpaired) electrons. The highest BCUT2D eigenvalue weighted by Gasteiger charge is 2.31. The minimum atomic E-state index is -4.74. The van der Waals surface area contributed by atoms with E-state index < -0.39 is 12.4 Å². The molecule has 23 heavy (non-hydrogen) atoms. The Kier molecular flexibility index (Phi) is 5.30. The highest BCUT2D eigenvalue weighted by molar-refractivity contribution is 5.89. The van der Waals surface area contributed by atoms with Gasteiger partial charge in [-0.15, -0.1) is 13.2 Å². The molecule has 126 valence electrons. The first-order chi connectivity index (χ1) is 10.9. The molecule has 0 aromatic heterocycles. The summed E-state index contributed by atoms with van der Waals surface area (Å²) in [5.74, 6) is -0.355. The zero-order chi connectivity index (χ0) is 16.9. The van der Waals surface area contributed by atoms with Crippen molar-refractivity contribution in [1.82, 2.24) is 5.32 Å². The number of benzene rings is 1. The summed E-state index contributed by atoms with van der Waals surface area (Å²) in [6, 6.07) is 4.37. The zero-order valence-electron chi connectivity index (χ0n) is 12.3. The Morgan fingerprint density at radius 1 is 1.39 bits per heavy atom. The van der Waals surface area contributed by atoms with Gasteiger partial charge in [0.2, 0.25) is 0 Å². The van der Waals surface area contributed by atoms with Crippen LogP contribution >= 0.6 is 0 Å². The van der Waals surface area contributed by atoms with Gasteiger partial charge in [0, 0.05) is 12.1 Å². The Morgan fingerprint density at radius 2 is 2.09 bits per heavy atom. The summed E-state index contributed by atoms with van der Waals surface area (Å²) in [6.07, 6.45) is -3.47. The van der Waals surface area contributed by atoms with E-state index in [1.165, 1.54) is 12.1 Å². The maximum atomic E-state index is 12.0. The van der Waals surface area contributed by atoms with Crippen LogP contribution in [0.25, 0.3) is 0 Å². The Bertz CT molecular complexity index is 573. The standard InChI is InChI=1S/C14H16F3N3O3/c1-2-9-7-12(23-20-9)8-18-13(21)19-10-3-5-11(6-4-10)22-14(15,16)17/h3-6,12H,2,7-8H2,1H3,(H2,18,19,21)/t12-/m0/s1. The monoisotopic (exact) mass is 331 g/mol. The smallest absolute Gasteiger partial charge is 0.406 e. The second-order valence-electron chi connectivity index (χ2n) is 4.85. The Hall–Kier alpha value is -2.45. The summed E-state index contributed by atoms with van der Waals surface area (Å²) in [6.45, 7) is 2.25. The number of urea groups is 1. The van der Waals surface area contributed by atoms with Gasteiger partial charge < -0.3 is 20.2 Å². The molecule has 0 fully saturated rings. The van der Waals surface area contributed by atoms with Crippen LogP contribution in [0.15, 0.2) is 29.4 Å².